The highest BCUT2D eigenvalue weighted by Crippen LogP contribution is 2.35. The van der Waals surface area contributed by atoms with Gasteiger partial charge in [-0.05, 0) is 40.8 Å². The number of hydrogen-bond acceptors (Lipinski definition) is 1. The average Bonchev–Trinajstić information content (AvgIpc) is 2.74. The van der Waals surface area contributed by atoms with E-state index in [9.17, 15) is 0 Å². The van der Waals surface area contributed by atoms with Gasteiger partial charge in [-0.1, -0.05) is 111 Å². The lowest BCUT2D eigenvalue weighted by Crippen LogP contribution is -1.98. The van der Waals surface area contributed by atoms with Crippen LogP contribution in [0.2, 0.25) is 5.02 Å². The van der Waals surface area contributed by atoms with Crippen LogP contribution < -0.4 is 4.74 Å². The van der Waals surface area contributed by atoms with Crippen LogP contribution in [-0.4, -0.2) is 6.61 Å². The van der Waals surface area contributed by atoms with E-state index < -0.39 is 0 Å². The normalized spacial score (nSPS) is 10.8. The van der Waals surface area contributed by atoms with Crippen molar-refractivity contribution in [2.45, 2.75) is 45.4 Å². The van der Waals surface area contributed by atoms with Crippen molar-refractivity contribution >= 4 is 11.6 Å². The van der Waals surface area contributed by atoms with E-state index in [0.717, 1.165) is 24.3 Å². The quantitative estimate of drug-likeness (QED) is 0.314. The van der Waals surface area contributed by atoms with Gasteiger partial charge in [-0.25, -0.2) is 0 Å². The molecule has 0 aromatic heterocycles. The SMILES string of the molecule is CCCCCCCCOc1ccc(-c2ccccc2-c2ccccc2)cc1Cl. The second-order valence-electron chi connectivity index (χ2n) is 7.17. The van der Waals surface area contributed by atoms with Gasteiger partial charge in [0.1, 0.15) is 5.75 Å². The summed E-state index contributed by atoms with van der Waals surface area (Å²) in [5, 5.41) is 0.673. The summed E-state index contributed by atoms with van der Waals surface area (Å²) in [4.78, 5) is 0. The van der Waals surface area contributed by atoms with Crippen molar-refractivity contribution in [3.63, 3.8) is 0 Å². The first-order chi connectivity index (χ1) is 13.8. The van der Waals surface area contributed by atoms with Gasteiger partial charge in [-0.3, -0.25) is 0 Å². The van der Waals surface area contributed by atoms with Crippen molar-refractivity contribution in [3.05, 3.63) is 77.8 Å². The van der Waals surface area contributed by atoms with E-state index in [0.29, 0.717) is 5.02 Å². The fraction of sp³-hybridized carbons (Fsp3) is 0.308. The molecular weight excluding hydrogens is 364 g/mol. The molecule has 0 aliphatic rings. The maximum atomic E-state index is 6.53. The molecule has 0 unspecified atom stereocenters. The summed E-state index contributed by atoms with van der Waals surface area (Å²) in [6.45, 7) is 2.97. The van der Waals surface area contributed by atoms with Crippen molar-refractivity contribution in [2.75, 3.05) is 6.61 Å². The van der Waals surface area contributed by atoms with Crippen molar-refractivity contribution in [3.8, 4) is 28.0 Å². The first-order valence-corrected chi connectivity index (χ1v) is 10.7. The average molecular weight is 393 g/mol. The van der Waals surface area contributed by atoms with Crippen molar-refractivity contribution < 1.29 is 4.74 Å². The minimum absolute atomic E-state index is 0.673. The lowest BCUT2D eigenvalue weighted by Gasteiger charge is -2.13. The Morgan fingerprint density at radius 2 is 1.32 bits per heavy atom. The molecule has 146 valence electrons. The Morgan fingerprint density at radius 1 is 0.679 bits per heavy atom. The zero-order valence-electron chi connectivity index (χ0n) is 16.7. The predicted octanol–water partition coefficient (Wildman–Crippen LogP) is 8.41. The Hall–Kier alpha value is -2.25. The third-order valence-electron chi connectivity index (χ3n) is 5.01. The second-order valence-corrected chi connectivity index (χ2v) is 7.58. The number of benzene rings is 3. The first kappa shape index (κ1) is 20.5. The lowest BCUT2D eigenvalue weighted by molar-refractivity contribution is 0.304. The molecule has 0 radical (unpaired) electrons. The molecule has 2 heteroatoms. The van der Waals surface area contributed by atoms with Gasteiger partial charge < -0.3 is 4.74 Å². The summed E-state index contributed by atoms with van der Waals surface area (Å²) in [5.41, 5.74) is 4.70. The van der Waals surface area contributed by atoms with Gasteiger partial charge in [0.2, 0.25) is 0 Å². The van der Waals surface area contributed by atoms with Gasteiger partial charge >= 0.3 is 0 Å². The monoisotopic (exact) mass is 392 g/mol. The Morgan fingerprint density at radius 3 is 2.04 bits per heavy atom. The van der Waals surface area contributed by atoms with E-state index >= 15 is 0 Å². The molecule has 0 saturated heterocycles. The molecule has 0 atom stereocenters. The van der Waals surface area contributed by atoms with Crippen LogP contribution in [0.1, 0.15) is 45.4 Å². The number of unbranched alkanes of at least 4 members (excludes halogenated alkanes) is 5. The molecule has 0 aliphatic carbocycles. The van der Waals surface area contributed by atoms with E-state index in [1.807, 2.05) is 18.2 Å². The summed E-state index contributed by atoms with van der Waals surface area (Å²) in [6, 6.07) is 25.0. The summed E-state index contributed by atoms with van der Waals surface area (Å²) in [5.74, 6) is 0.774. The van der Waals surface area contributed by atoms with Crippen LogP contribution >= 0.6 is 11.6 Å². The van der Waals surface area contributed by atoms with Crippen molar-refractivity contribution in [1.82, 2.24) is 0 Å². The maximum absolute atomic E-state index is 6.53. The molecule has 3 rings (SSSR count). The topological polar surface area (TPSA) is 9.23 Å². The second kappa shape index (κ2) is 10.9. The molecule has 28 heavy (non-hydrogen) atoms. The molecule has 1 nitrogen and oxygen atoms in total. The molecule has 0 aliphatic heterocycles. The minimum Gasteiger partial charge on any atom is -0.492 e. The third kappa shape index (κ3) is 5.62. The largest absolute Gasteiger partial charge is 0.492 e. The highest BCUT2D eigenvalue weighted by Gasteiger charge is 2.09. The Labute approximate surface area is 174 Å². The fourth-order valence-corrected chi connectivity index (χ4v) is 3.69. The number of rotatable bonds is 10. The lowest BCUT2D eigenvalue weighted by atomic mass is 9.95. The predicted molar refractivity (Wildman–Crippen MR) is 121 cm³/mol. The van der Waals surface area contributed by atoms with Crippen LogP contribution in [0.25, 0.3) is 22.3 Å². The fourth-order valence-electron chi connectivity index (χ4n) is 3.45. The number of ether oxygens (including phenoxy) is 1. The van der Waals surface area contributed by atoms with Gasteiger partial charge in [0.25, 0.3) is 0 Å². The van der Waals surface area contributed by atoms with Gasteiger partial charge in [0.05, 0.1) is 11.6 Å². The summed E-state index contributed by atoms with van der Waals surface area (Å²) in [7, 11) is 0. The molecule has 0 heterocycles. The van der Waals surface area contributed by atoms with E-state index in [4.69, 9.17) is 16.3 Å². The van der Waals surface area contributed by atoms with Gasteiger partial charge in [-0.15, -0.1) is 0 Å². The molecule has 0 amide bonds. The summed E-state index contributed by atoms with van der Waals surface area (Å²) in [6.07, 6.45) is 7.54. The maximum Gasteiger partial charge on any atom is 0.137 e. The van der Waals surface area contributed by atoms with Crippen LogP contribution in [-0.2, 0) is 0 Å². The van der Waals surface area contributed by atoms with Crippen molar-refractivity contribution in [1.29, 1.82) is 0 Å². The minimum atomic E-state index is 0.673. The molecule has 3 aromatic rings. The molecule has 0 spiro atoms. The number of hydrogen-bond donors (Lipinski definition) is 0. The molecule has 0 bridgehead atoms. The van der Waals surface area contributed by atoms with Gasteiger partial charge in [0, 0.05) is 0 Å². The zero-order valence-corrected chi connectivity index (χ0v) is 17.4. The van der Waals surface area contributed by atoms with Gasteiger partial charge in [0.15, 0.2) is 0 Å². The van der Waals surface area contributed by atoms with Crippen LogP contribution in [0.15, 0.2) is 72.8 Å². The Balaban J connectivity index is 1.67. The molecule has 3 aromatic carbocycles. The first-order valence-electron chi connectivity index (χ1n) is 10.4. The third-order valence-corrected chi connectivity index (χ3v) is 5.31. The Bertz CT molecular complexity index is 857. The van der Waals surface area contributed by atoms with Crippen LogP contribution in [0, 0.1) is 0 Å². The van der Waals surface area contributed by atoms with Crippen LogP contribution in [0.5, 0.6) is 5.75 Å². The molecule has 0 saturated carbocycles. The van der Waals surface area contributed by atoms with E-state index in [1.165, 1.54) is 48.8 Å². The molecule has 0 fully saturated rings. The van der Waals surface area contributed by atoms with Crippen molar-refractivity contribution in [2.24, 2.45) is 0 Å². The van der Waals surface area contributed by atoms with E-state index in [1.54, 1.807) is 0 Å². The molecular formula is C26H29ClO. The summed E-state index contributed by atoms with van der Waals surface area (Å²) >= 11 is 6.53. The standard InChI is InChI=1S/C26H29ClO/c1-2-3-4-5-6-12-19-28-26-18-17-22(20-25(26)27)24-16-11-10-15-23(24)21-13-8-7-9-14-21/h7-11,13-18,20H,2-6,12,19H2,1H3. The van der Waals surface area contributed by atoms with Crippen LogP contribution in [0.4, 0.5) is 0 Å². The highest BCUT2D eigenvalue weighted by atomic mass is 35.5. The van der Waals surface area contributed by atoms with Gasteiger partial charge in [-0.2, -0.15) is 0 Å². The number of halogens is 1. The smallest absolute Gasteiger partial charge is 0.137 e. The van der Waals surface area contributed by atoms with E-state index in [-0.39, 0.29) is 0 Å². The highest BCUT2D eigenvalue weighted by molar-refractivity contribution is 6.32. The summed E-state index contributed by atoms with van der Waals surface area (Å²) < 4.78 is 5.92. The van der Waals surface area contributed by atoms with Crippen LogP contribution in [0.3, 0.4) is 0 Å². The Kier molecular flexibility index (Phi) is 7.99. The molecule has 0 N–H and O–H groups in total. The zero-order chi connectivity index (χ0) is 19.6. The van der Waals surface area contributed by atoms with E-state index in [2.05, 4.69) is 61.5 Å².